The summed E-state index contributed by atoms with van der Waals surface area (Å²) in [5, 5.41) is 8.60. The van der Waals surface area contributed by atoms with Crippen molar-refractivity contribution >= 4 is 11.8 Å². The van der Waals surface area contributed by atoms with Crippen molar-refractivity contribution in [1.82, 2.24) is 15.1 Å². The van der Waals surface area contributed by atoms with Crippen LogP contribution in [0.1, 0.15) is 32.5 Å². The van der Waals surface area contributed by atoms with Crippen LogP contribution in [0.5, 0.6) is 0 Å². The number of nitrogens with zero attached hydrogens (tertiary/aromatic N) is 2. The fourth-order valence-corrected chi connectivity index (χ4v) is 2.27. The molecule has 0 aliphatic heterocycles. The lowest BCUT2D eigenvalue weighted by atomic mass is 10.2. The Kier molecular flexibility index (Phi) is 5.19. The molecule has 15 heavy (non-hydrogen) atoms. The molecule has 1 rings (SSSR count). The van der Waals surface area contributed by atoms with E-state index in [4.69, 9.17) is 0 Å². The van der Waals surface area contributed by atoms with Crippen LogP contribution >= 0.6 is 11.8 Å². The van der Waals surface area contributed by atoms with Gasteiger partial charge in [0, 0.05) is 19.0 Å². The zero-order valence-electron chi connectivity index (χ0n) is 10.0. The molecule has 0 saturated carbocycles. The lowest BCUT2D eigenvalue weighted by Gasteiger charge is -2.16. The molecule has 3 nitrogen and oxygen atoms in total. The van der Waals surface area contributed by atoms with Crippen LogP contribution in [0.15, 0.2) is 12.3 Å². The average Bonchev–Trinajstić information content (AvgIpc) is 2.59. The van der Waals surface area contributed by atoms with Crippen molar-refractivity contribution < 1.29 is 0 Å². The Labute approximate surface area is 96.6 Å². The third-order valence-corrected chi connectivity index (χ3v) is 3.33. The molecule has 0 radical (unpaired) electrons. The first-order chi connectivity index (χ1) is 7.13. The normalized spacial score (nSPS) is 13.4. The summed E-state index contributed by atoms with van der Waals surface area (Å²) in [4.78, 5) is 0. The molecule has 0 aliphatic rings. The van der Waals surface area contributed by atoms with E-state index >= 15 is 0 Å². The topological polar surface area (TPSA) is 29.9 Å². The molecule has 1 aromatic heterocycles. The summed E-state index contributed by atoms with van der Waals surface area (Å²) in [6, 6.07) is 2.47. The second-order valence-electron chi connectivity index (χ2n) is 3.91. The molecule has 1 aromatic rings. The van der Waals surface area contributed by atoms with E-state index in [2.05, 4.69) is 37.3 Å². The molecule has 0 fully saturated rings. The van der Waals surface area contributed by atoms with Crippen LogP contribution in [-0.2, 0) is 7.05 Å². The van der Waals surface area contributed by atoms with Crippen molar-refractivity contribution in [3.05, 3.63) is 18.0 Å². The van der Waals surface area contributed by atoms with Gasteiger partial charge >= 0.3 is 0 Å². The number of rotatable bonds is 6. The smallest absolute Gasteiger partial charge is 0.0802 e. The van der Waals surface area contributed by atoms with Crippen LogP contribution in [0.25, 0.3) is 0 Å². The third-order valence-electron chi connectivity index (χ3n) is 2.14. The maximum atomic E-state index is 4.45. The van der Waals surface area contributed by atoms with Crippen LogP contribution < -0.4 is 5.32 Å². The van der Waals surface area contributed by atoms with Crippen LogP contribution in [0, 0.1) is 0 Å². The second-order valence-corrected chi connectivity index (χ2v) is 5.52. The zero-order chi connectivity index (χ0) is 11.3. The summed E-state index contributed by atoms with van der Waals surface area (Å²) in [6.07, 6.45) is 2.00. The fourth-order valence-electron chi connectivity index (χ4n) is 1.40. The van der Waals surface area contributed by atoms with Gasteiger partial charge in [0.2, 0.25) is 0 Å². The minimum absolute atomic E-state index is 0.378. The van der Waals surface area contributed by atoms with E-state index in [1.54, 1.807) is 0 Å². The van der Waals surface area contributed by atoms with Crippen molar-refractivity contribution in [2.75, 3.05) is 12.3 Å². The molecule has 1 N–H and O–H groups in total. The minimum atomic E-state index is 0.378. The summed E-state index contributed by atoms with van der Waals surface area (Å²) in [6.45, 7) is 7.58. The Morgan fingerprint density at radius 1 is 1.53 bits per heavy atom. The van der Waals surface area contributed by atoms with E-state index in [0.717, 1.165) is 18.0 Å². The highest BCUT2D eigenvalue weighted by molar-refractivity contribution is 7.99. The van der Waals surface area contributed by atoms with Crippen molar-refractivity contribution in [3.8, 4) is 0 Å². The number of hydrogen-bond acceptors (Lipinski definition) is 3. The summed E-state index contributed by atoms with van der Waals surface area (Å²) in [5.41, 5.74) is 1.15. The van der Waals surface area contributed by atoms with Crippen LogP contribution in [0.3, 0.4) is 0 Å². The van der Waals surface area contributed by atoms with Gasteiger partial charge in [0.25, 0.3) is 0 Å². The first-order valence-electron chi connectivity index (χ1n) is 5.48. The molecular formula is C11H21N3S. The molecule has 1 atom stereocenters. The Hall–Kier alpha value is -0.480. The highest BCUT2D eigenvalue weighted by Crippen LogP contribution is 2.19. The Morgan fingerprint density at radius 3 is 2.73 bits per heavy atom. The van der Waals surface area contributed by atoms with Gasteiger partial charge in [-0.05, 0) is 17.9 Å². The average molecular weight is 227 g/mol. The van der Waals surface area contributed by atoms with Gasteiger partial charge in [-0.3, -0.25) is 4.68 Å². The number of nitrogens with one attached hydrogen (secondary N) is 1. The molecule has 0 aromatic carbocycles. The molecule has 0 spiro atoms. The molecule has 0 amide bonds. The van der Waals surface area contributed by atoms with Gasteiger partial charge in [0.15, 0.2) is 0 Å². The van der Waals surface area contributed by atoms with Crippen molar-refractivity contribution in [2.45, 2.75) is 32.1 Å². The van der Waals surface area contributed by atoms with Crippen LogP contribution in [0.4, 0.5) is 0 Å². The molecule has 0 bridgehead atoms. The monoisotopic (exact) mass is 227 g/mol. The number of aromatic nitrogens is 2. The van der Waals surface area contributed by atoms with Crippen LogP contribution in [0.2, 0.25) is 0 Å². The maximum Gasteiger partial charge on any atom is 0.0802 e. The second kappa shape index (κ2) is 6.18. The SMILES string of the molecule is CCNC(CSC(C)C)c1ccn(C)n1. The summed E-state index contributed by atoms with van der Waals surface area (Å²) in [5.74, 6) is 1.09. The van der Waals surface area contributed by atoms with Gasteiger partial charge in [0.05, 0.1) is 11.7 Å². The quantitative estimate of drug-likeness (QED) is 0.808. The largest absolute Gasteiger partial charge is 0.308 e. The van der Waals surface area contributed by atoms with Crippen molar-refractivity contribution in [1.29, 1.82) is 0 Å². The van der Waals surface area contributed by atoms with Gasteiger partial charge in [-0.1, -0.05) is 20.8 Å². The van der Waals surface area contributed by atoms with Gasteiger partial charge in [0.1, 0.15) is 0 Å². The molecule has 1 unspecified atom stereocenters. The first-order valence-corrected chi connectivity index (χ1v) is 6.53. The molecule has 0 saturated heterocycles. The number of hydrogen-bond donors (Lipinski definition) is 1. The Morgan fingerprint density at radius 2 is 2.27 bits per heavy atom. The van der Waals surface area contributed by atoms with E-state index in [9.17, 15) is 0 Å². The summed E-state index contributed by atoms with van der Waals surface area (Å²) < 4.78 is 1.86. The Balaban J connectivity index is 2.57. The zero-order valence-corrected chi connectivity index (χ0v) is 10.8. The van der Waals surface area contributed by atoms with Crippen molar-refractivity contribution in [3.63, 3.8) is 0 Å². The standard InChI is InChI=1S/C11H21N3S/c1-5-12-11(8-15-9(2)3)10-6-7-14(4)13-10/h6-7,9,11-12H,5,8H2,1-4H3. The van der Waals surface area contributed by atoms with E-state index in [0.29, 0.717) is 11.3 Å². The molecular weight excluding hydrogens is 206 g/mol. The van der Waals surface area contributed by atoms with E-state index in [-0.39, 0.29) is 0 Å². The number of thioether (sulfide) groups is 1. The highest BCUT2D eigenvalue weighted by Gasteiger charge is 2.13. The van der Waals surface area contributed by atoms with Gasteiger partial charge < -0.3 is 5.32 Å². The molecule has 86 valence electrons. The Bertz CT molecular complexity index is 283. The van der Waals surface area contributed by atoms with Gasteiger partial charge in [-0.25, -0.2) is 0 Å². The van der Waals surface area contributed by atoms with Gasteiger partial charge in [-0.15, -0.1) is 0 Å². The highest BCUT2D eigenvalue weighted by atomic mass is 32.2. The summed E-state index contributed by atoms with van der Waals surface area (Å²) in [7, 11) is 1.96. The van der Waals surface area contributed by atoms with E-state index < -0.39 is 0 Å². The predicted octanol–water partition coefficient (Wildman–Crippen LogP) is 2.21. The third kappa shape index (κ3) is 4.26. The fraction of sp³-hybridized carbons (Fsp3) is 0.727. The number of aryl methyl sites for hydroxylation is 1. The molecule has 4 heteroatoms. The van der Waals surface area contributed by atoms with Gasteiger partial charge in [-0.2, -0.15) is 16.9 Å². The van der Waals surface area contributed by atoms with E-state index in [1.165, 1.54) is 0 Å². The van der Waals surface area contributed by atoms with Crippen LogP contribution in [-0.4, -0.2) is 27.3 Å². The lowest BCUT2D eigenvalue weighted by molar-refractivity contribution is 0.577. The maximum absolute atomic E-state index is 4.45. The van der Waals surface area contributed by atoms with Crippen molar-refractivity contribution in [2.24, 2.45) is 7.05 Å². The minimum Gasteiger partial charge on any atom is -0.308 e. The molecule has 0 aliphatic carbocycles. The summed E-state index contributed by atoms with van der Waals surface area (Å²) >= 11 is 1.97. The van der Waals surface area contributed by atoms with E-state index in [1.807, 2.05) is 29.7 Å². The molecule has 1 heterocycles. The first kappa shape index (κ1) is 12.6. The lowest BCUT2D eigenvalue weighted by Crippen LogP contribution is -2.24. The predicted molar refractivity (Wildman–Crippen MR) is 67.2 cm³/mol.